The highest BCUT2D eigenvalue weighted by molar-refractivity contribution is 5.99. The predicted octanol–water partition coefficient (Wildman–Crippen LogP) is 2.56. The fraction of sp³-hybridized carbons (Fsp3) is 0.133. The lowest BCUT2D eigenvalue weighted by Crippen LogP contribution is -2.23. The Morgan fingerprint density at radius 1 is 1.21 bits per heavy atom. The van der Waals surface area contributed by atoms with Gasteiger partial charge in [-0.05, 0) is 35.4 Å². The van der Waals surface area contributed by atoms with Crippen molar-refractivity contribution in [2.75, 3.05) is 5.73 Å². The average Bonchev–Trinajstić information content (AvgIpc) is 2.67. The van der Waals surface area contributed by atoms with Crippen LogP contribution in [-0.2, 0) is 13.1 Å². The molecule has 96 valence electrons. The number of fused-ring (bicyclic) bond motifs is 1. The summed E-state index contributed by atoms with van der Waals surface area (Å²) >= 11 is 0. The van der Waals surface area contributed by atoms with E-state index < -0.39 is 0 Å². The molecule has 2 aromatic rings. The second kappa shape index (κ2) is 4.39. The quantitative estimate of drug-likeness (QED) is 0.839. The Kier molecular flexibility index (Phi) is 2.71. The minimum absolute atomic E-state index is 0.0495. The molecule has 0 fully saturated rings. The molecule has 0 saturated heterocycles. The van der Waals surface area contributed by atoms with Gasteiger partial charge in [0, 0.05) is 24.3 Å². The van der Waals surface area contributed by atoms with Crippen molar-refractivity contribution in [3.63, 3.8) is 0 Å². The van der Waals surface area contributed by atoms with Crippen molar-refractivity contribution in [3.8, 4) is 0 Å². The van der Waals surface area contributed by atoms with E-state index >= 15 is 0 Å². The Morgan fingerprint density at radius 3 is 2.84 bits per heavy atom. The lowest BCUT2D eigenvalue weighted by Gasteiger charge is -2.15. The number of carbonyl (C=O) groups excluding carboxylic acids is 1. The van der Waals surface area contributed by atoms with E-state index in [0.717, 1.165) is 11.1 Å². The first kappa shape index (κ1) is 11.7. The number of rotatable bonds is 2. The predicted molar refractivity (Wildman–Crippen MR) is 70.8 cm³/mol. The van der Waals surface area contributed by atoms with Crippen LogP contribution in [0.3, 0.4) is 0 Å². The molecule has 1 aliphatic heterocycles. The van der Waals surface area contributed by atoms with Crippen LogP contribution in [0.4, 0.5) is 10.1 Å². The van der Waals surface area contributed by atoms with Gasteiger partial charge in [0.1, 0.15) is 5.82 Å². The molecule has 0 bridgehead atoms. The molecule has 3 nitrogen and oxygen atoms in total. The summed E-state index contributed by atoms with van der Waals surface area (Å²) < 4.78 is 13.1. The molecule has 1 amide bonds. The van der Waals surface area contributed by atoms with E-state index in [-0.39, 0.29) is 11.7 Å². The van der Waals surface area contributed by atoms with Crippen molar-refractivity contribution in [1.29, 1.82) is 0 Å². The molecular weight excluding hydrogens is 243 g/mol. The van der Waals surface area contributed by atoms with E-state index in [1.807, 2.05) is 12.1 Å². The Labute approximate surface area is 110 Å². The standard InChI is InChI=1S/C15H13FN2O/c16-12-3-1-2-10(6-12)8-18-9-11-4-5-13(17)7-14(11)15(18)19/h1-7H,8-9,17H2. The molecule has 0 aromatic heterocycles. The third kappa shape index (κ3) is 2.17. The summed E-state index contributed by atoms with van der Waals surface area (Å²) in [7, 11) is 0. The highest BCUT2D eigenvalue weighted by Gasteiger charge is 2.27. The first-order chi connectivity index (χ1) is 9.13. The molecular formula is C15H13FN2O. The molecule has 0 saturated carbocycles. The molecule has 1 heterocycles. The van der Waals surface area contributed by atoms with Gasteiger partial charge >= 0.3 is 0 Å². The van der Waals surface area contributed by atoms with E-state index in [0.29, 0.717) is 24.3 Å². The molecule has 2 aromatic carbocycles. The Hall–Kier alpha value is -2.36. The summed E-state index contributed by atoms with van der Waals surface area (Å²) in [6, 6.07) is 11.7. The number of anilines is 1. The third-order valence-electron chi connectivity index (χ3n) is 3.28. The Morgan fingerprint density at radius 2 is 2.05 bits per heavy atom. The van der Waals surface area contributed by atoms with Gasteiger partial charge in [-0.15, -0.1) is 0 Å². The molecule has 0 radical (unpaired) electrons. The highest BCUT2D eigenvalue weighted by atomic mass is 19.1. The topological polar surface area (TPSA) is 46.3 Å². The average molecular weight is 256 g/mol. The van der Waals surface area contributed by atoms with Crippen molar-refractivity contribution in [1.82, 2.24) is 4.90 Å². The minimum atomic E-state index is -0.286. The molecule has 4 heteroatoms. The first-order valence-electron chi connectivity index (χ1n) is 6.05. The molecule has 3 rings (SSSR count). The van der Waals surface area contributed by atoms with Gasteiger partial charge in [0.05, 0.1) is 0 Å². The molecule has 0 aliphatic carbocycles. The zero-order valence-corrected chi connectivity index (χ0v) is 10.3. The number of benzene rings is 2. The van der Waals surface area contributed by atoms with Gasteiger partial charge < -0.3 is 10.6 Å². The monoisotopic (exact) mass is 256 g/mol. The van der Waals surface area contributed by atoms with Crippen molar-refractivity contribution >= 4 is 11.6 Å². The lowest BCUT2D eigenvalue weighted by atomic mass is 10.1. The van der Waals surface area contributed by atoms with Crippen LogP contribution in [0.5, 0.6) is 0 Å². The largest absolute Gasteiger partial charge is 0.399 e. The number of nitrogens with zero attached hydrogens (tertiary/aromatic N) is 1. The van der Waals surface area contributed by atoms with Crippen LogP contribution in [0.25, 0.3) is 0 Å². The number of nitrogens with two attached hydrogens (primary N) is 1. The van der Waals surface area contributed by atoms with Gasteiger partial charge in [-0.25, -0.2) is 4.39 Å². The van der Waals surface area contributed by atoms with Crippen LogP contribution in [-0.4, -0.2) is 10.8 Å². The SMILES string of the molecule is Nc1ccc2c(c1)C(=O)N(Cc1cccc(F)c1)C2. The lowest BCUT2D eigenvalue weighted by molar-refractivity contribution is 0.0766. The number of halogens is 1. The molecule has 1 aliphatic rings. The number of nitrogen functional groups attached to an aromatic ring is 1. The van der Waals surface area contributed by atoms with E-state index in [9.17, 15) is 9.18 Å². The maximum absolute atomic E-state index is 13.1. The van der Waals surface area contributed by atoms with Crippen LogP contribution < -0.4 is 5.73 Å². The number of carbonyl (C=O) groups is 1. The highest BCUT2D eigenvalue weighted by Crippen LogP contribution is 2.26. The fourth-order valence-corrected chi connectivity index (χ4v) is 2.36. The van der Waals surface area contributed by atoms with Crippen molar-refractivity contribution in [2.45, 2.75) is 13.1 Å². The normalized spacial score (nSPS) is 13.7. The molecule has 0 spiro atoms. The zero-order valence-electron chi connectivity index (χ0n) is 10.3. The molecule has 0 atom stereocenters. The second-order valence-electron chi connectivity index (χ2n) is 4.71. The molecule has 19 heavy (non-hydrogen) atoms. The van der Waals surface area contributed by atoms with Crippen LogP contribution in [0.2, 0.25) is 0 Å². The second-order valence-corrected chi connectivity index (χ2v) is 4.71. The molecule has 0 unspecified atom stereocenters. The Balaban J connectivity index is 1.84. The van der Waals surface area contributed by atoms with Gasteiger partial charge in [0.25, 0.3) is 5.91 Å². The van der Waals surface area contributed by atoms with E-state index in [1.165, 1.54) is 12.1 Å². The third-order valence-corrected chi connectivity index (χ3v) is 3.28. The maximum Gasteiger partial charge on any atom is 0.254 e. The smallest absolute Gasteiger partial charge is 0.254 e. The van der Waals surface area contributed by atoms with Crippen LogP contribution >= 0.6 is 0 Å². The fourth-order valence-electron chi connectivity index (χ4n) is 2.36. The van der Waals surface area contributed by atoms with Crippen molar-refractivity contribution < 1.29 is 9.18 Å². The minimum Gasteiger partial charge on any atom is -0.399 e. The molecule has 2 N–H and O–H groups in total. The number of hydrogen-bond acceptors (Lipinski definition) is 2. The summed E-state index contributed by atoms with van der Waals surface area (Å²) in [4.78, 5) is 13.9. The zero-order chi connectivity index (χ0) is 13.4. The van der Waals surface area contributed by atoms with Crippen LogP contribution in [0, 0.1) is 5.82 Å². The van der Waals surface area contributed by atoms with Gasteiger partial charge in [-0.2, -0.15) is 0 Å². The van der Waals surface area contributed by atoms with Gasteiger partial charge in [-0.3, -0.25) is 4.79 Å². The number of amides is 1. The van der Waals surface area contributed by atoms with Crippen LogP contribution in [0.15, 0.2) is 42.5 Å². The summed E-state index contributed by atoms with van der Waals surface area (Å²) in [5, 5.41) is 0. The summed E-state index contributed by atoms with van der Waals surface area (Å²) in [5.74, 6) is -0.336. The van der Waals surface area contributed by atoms with E-state index in [4.69, 9.17) is 5.73 Å². The summed E-state index contributed by atoms with van der Waals surface area (Å²) in [6.45, 7) is 0.955. The van der Waals surface area contributed by atoms with Gasteiger partial charge in [0.15, 0.2) is 0 Å². The number of hydrogen-bond donors (Lipinski definition) is 1. The van der Waals surface area contributed by atoms with Crippen molar-refractivity contribution in [2.24, 2.45) is 0 Å². The van der Waals surface area contributed by atoms with Crippen molar-refractivity contribution in [3.05, 3.63) is 65.0 Å². The Bertz CT molecular complexity index is 654. The first-order valence-corrected chi connectivity index (χ1v) is 6.05. The summed E-state index contributed by atoms with van der Waals surface area (Å²) in [6.07, 6.45) is 0. The van der Waals surface area contributed by atoms with E-state index in [2.05, 4.69) is 0 Å². The van der Waals surface area contributed by atoms with Gasteiger partial charge in [0.2, 0.25) is 0 Å². The summed E-state index contributed by atoms with van der Waals surface area (Å²) in [5.41, 5.74) is 8.68. The van der Waals surface area contributed by atoms with Crippen LogP contribution in [0.1, 0.15) is 21.5 Å². The van der Waals surface area contributed by atoms with E-state index in [1.54, 1.807) is 23.1 Å². The van der Waals surface area contributed by atoms with Gasteiger partial charge in [-0.1, -0.05) is 18.2 Å². The maximum atomic E-state index is 13.1.